The number of phenolic OH excluding ortho intramolecular Hbond substituents is 1. The number of aromatic nitrogens is 1. The molecule has 88 valence electrons. The molecule has 4 heteroatoms. The van der Waals surface area contributed by atoms with E-state index in [1.165, 1.54) is 0 Å². The van der Waals surface area contributed by atoms with Crippen molar-refractivity contribution >= 4 is 21.6 Å². The van der Waals surface area contributed by atoms with Gasteiger partial charge in [0.05, 0.1) is 15.9 Å². The van der Waals surface area contributed by atoms with Gasteiger partial charge < -0.3 is 10.4 Å². The molecule has 2 N–H and O–H groups in total. The highest BCUT2D eigenvalue weighted by Gasteiger charge is 2.05. The number of rotatable bonds is 3. The summed E-state index contributed by atoms with van der Waals surface area (Å²) >= 11 is 3.30. The summed E-state index contributed by atoms with van der Waals surface area (Å²) in [6, 6.07) is 9.46. The van der Waals surface area contributed by atoms with Crippen LogP contribution >= 0.6 is 15.9 Å². The molecule has 0 atom stereocenters. The van der Waals surface area contributed by atoms with E-state index in [1.807, 2.05) is 37.3 Å². The summed E-state index contributed by atoms with van der Waals surface area (Å²) in [5.41, 5.74) is 2.77. The van der Waals surface area contributed by atoms with E-state index in [0.29, 0.717) is 11.0 Å². The van der Waals surface area contributed by atoms with E-state index in [9.17, 15) is 5.11 Å². The molecule has 0 radical (unpaired) electrons. The second-order valence-electron chi connectivity index (χ2n) is 3.74. The van der Waals surface area contributed by atoms with Crippen LogP contribution in [0.3, 0.4) is 0 Å². The van der Waals surface area contributed by atoms with Gasteiger partial charge in [0.2, 0.25) is 0 Å². The van der Waals surface area contributed by atoms with Crippen molar-refractivity contribution in [2.75, 3.05) is 5.32 Å². The highest BCUT2D eigenvalue weighted by Crippen LogP contribution is 2.28. The van der Waals surface area contributed by atoms with Crippen molar-refractivity contribution in [2.45, 2.75) is 13.5 Å². The van der Waals surface area contributed by atoms with Crippen LogP contribution in [0.2, 0.25) is 0 Å². The second-order valence-corrected chi connectivity index (χ2v) is 4.59. The molecule has 0 amide bonds. The largest absolute Gasteiger partial charge is 0.506 e. The van der Waals surface area contributed by atoms with Gasteiger partial charge in [-0.15, -0.1) is 0 Å². The molecule has 17 heavy (non-hydrogen) atoms. The zero-order valence-corrected chi connectivity index (χ0v) is 11.0. The number of aromatic hydroxyl groups is 1. The van der Waals surface area contributed by atoms with E-state index in [-0.39, 0.29) is 5.75 Å². The standard InChI is InChI=1S/C13H13BrN2O/c1-9-12(6-3-7-15-9)16-8-10-4-2-5-11(14)13(10)17/h2-7,16-17H,8H2,1H3. The third-order valence-electron chi connectivity index (χ3n) is 2.55. The van der Waals surface area contributed by atoms with Gasteiger partial charge in [0.25, 0.3) is 0 Å². The first-order chi connectivity index (χ1) is 8.18. The van der Waals surface area contributed by atoms with E-state index >= 15 is 0 Å². The van der Waals surface area contributed by atoms with Crippen LogP contribution in [0.25, 0.3) is 0 Å². The third-order valence-corrected chi connectivity index (χ3v) is 3.19. The van der Waals surface area contributed by atoms with E-state index in [1.54, 1.807) is 6.20 Å². The van der Waals surface area contributed by atoms with E-state index < -0.39 is 0 Å². The first-order valence-electron chi connectivity index (χ1n) is 5.30. The maximum absolute atomic E-state index is 9.84. The Morgan fingerprint density at radius 2 is 2.12 bits per heavy atom. The lowest BCUT2D eigenvalue weighted by Crippen LogP contribution is -2.02. The summed E-state index contributed by atoms with van der Waals surface area (Å²) in [6.45, 7) is 2.51. The maximum atomic E-state index is 9.84. The van der Waals surface area contributed by atoms with Crippen molar-refractivity contribution in [2.24, 2.45) is 0 Å². The number of benzene rings is 1. The van der Waals surface area contributed by atoms with Gasteiger partial charge in [-0.1, -0.05) is 12.1 Å². The van der Waals surface area contributed by atoms with Crippen molar-refractivity contribution < 1.29 is 5.11 Å². The summed E-state index contributed by atoms with van der Waals surface area (Å²) in [4.78, 5) is 4.20. The van der Waals surface area contributed by atoms with Crippen molar-refractivity contribution in [1.82, 2.24) is 4.98 Å². The van der Waals surface area contributed by atoms with Crippen LogP contribution in [0.4, 0.5) is 5.69 Å². The molecule has 2 rings (SSSR count). The molecule has 0 saturated heterocycles. The van der Waals surface area contributed by atoms with Crippen molar-refractivity contribution in [3.8, 4) is 5.75 Å². The van der Waals surface area contributed by atoms with Crippen LogP contribution in [0.5, 0.6) is 5.75 Å². The Balaban J connectivity index is 2.13. The summed E-state index contributed by atoms with van der Waals surface area (Å²) in [7, 11) is 0. The van der Waals surface area contributed by atoms with E-state index in [2.05, 4.69) is 26.2 Å². The van der Waals surface area contributed by atoms with Crippen LogP contribution in [-0.4, -0.2) is 10.1 Å². The molecule has 3 nitrogen and oxygen atoms in total. The molecule has 1 aromatic heterocycles. The van der Waals surface area contributed by atoms with E-state index in [0.717, 1.165) is 16.9 Å². The number of para-hydroxylation sites is 1. The van der Waals surface area contributed by atoms with Crippen LogP contribution in [0.15, 0.2) is 41.0 Å². The third kappa shape index (κ3) is 2.77. The average Bonchev–Trinajstić information content (AvgIpc) is 2.33. The normalized spacial score (nSPS) is 10.2. The van der Waals surface area contributed by atoms with E-state index in [4.69, 9.17) is 0 Å². The molecular formula is C13H13BrN2O. The Morgan fingerprint density at radius 1 is 1.29 bits per heavy atom. The van der Waals surface area contributed by atoms with Crippen LogP contribution in [-0.2, 0) is 6.54 Å². The molecule has 1 aromatic carbocycles. The smallest absolute Gasteiger partial charge is 0.134 e. The fourth-order valence-electron chi connectivity index (χ4n) is 1.56. The topological polar surface area (TPSA) is 45.2 Å². The summed E-state index contributed by atoms with van der Waals surface area (Å²) in [5.74, 6) is 0.279. The SMILES string of the molecule is Cc1ncccc1NCc1cccc(Br)c1O. The lowest BCUT2D eigenvalue weighted by Gasteiger charge is -2.10. The molecule has 0 bridgehead atoms. The fourth-order valence-corrected chi connectivity index (χ4v) is 1.97. The number of anilines is 1. The van der Waals surface area contributed by atoms with Crippen LogP contribution in [0.1, 0.15) is 11.3 Å². The molecular weight excluding hydrogens is 280 g/mol. The number of nitrogens with one attached hydrogen (secondary N) is 1. The molecule has 0 spiro atoms. The molecule has 0 aliphatic rings. The molecule has 2 aromatic rings. The Kier molecular flexibility index (Phi) is 3.64. The molecule has 0 aliphatic carbocycles. The molecule has 0 saturated carbocycles. The number of hydrogen-bond donors (Lipinski definition) is 2. The number of aryl methyl sites for hydroxylation is 1. The van der Waals surface area contributed by atoms with Crippen molar-refractivity contribution in [3.63, 3.8) is 0 Å². The van der Waals surface area contributed by atoms with Gasteiger partial charge >= 0.3 is 0 Å². The Morgan fingerprint density at radius 3 is 2.88 bits per heavy atom. The number of pyridine rings is 1. The Labute approximate surface area is 109 Å². The van der Waals surface area contributed by atoms with Gasteiger partial charge in [0.15, 0.2) is 0 Å². The minimum Gasteiger partial charge on any atom is -0.506 e. The molecule has 0 fully saturated rings. The fraction of sp³-hybridized carbons (Fsp3) is 0.154. The van der Waals surface area contributed by atoms with Crippen molar-refractivity contribution in [1.29, 1.82) is 0 Å². The maximum Gasteiger partial charge on any atom is 0.134 e. The first-order valence-corrected chi connectivity index (χ1v) is 6.09. The minimum atomic E-state index is 0.279. The quantitative estimate of drug-likeness (QED) is 0.910. The number of nitrogens with zero attached hydrogens (tertiary/aromatic N) is 1. The van der Waals surface area contributed by atoms with Gasteiger partial charge in [0.1, 0.15) is 5.75 Å². The first kappa shape index (κ1) is 11.9. The number of halogens is 1. The van der Waals surface area contributed by atoms with Gasteiger partial charge in [-0.2, -0.15) is 0 Å². The predicted molar refractivity (Wildman–Crippen MR) is 72.1 cm³/mol. The molecule has 0 unspecified atom stereocenters. The summed E-state index contributed by atoms with van der Waals surface area (Å²) in [6.07, 6.45) is 1.76. The predicted octanol–water partition coefficient (Wildman–Crippen LogP) is 3.47. The monoisotopic (exact) mass is 292 g/mol. The second kappa shape index (κ2) is 5.19. The zero-order chi connectivity index (χ0) is 12.3. The highest BCUT2D eigenvalue weighted by atomic mass is 79.9. The van der Waals surface area contributed by atoms with Crippen LogP contribution in [0, 0.1) is 6.92 Å². The zero-order valence-electron chi connectivity index (χ0n) is 9.44. The van der Waals surface area contributed by atoms with Gasteiger partial charge in [-0.25, -0.2) is 0 Å². The summed E-state index contributed by atoms with van der Waals surface area (Å²) in [5, 5.41) is 13.1. The number of hydrogen-bond acceptors (Lipinski definition) is 3. The highest BCUT2D eigenvalue weighted by molar-refractivity contribution is 9.10. The molecule has 0 aliphatic heterocycles. The van der Waals surface area contributed by atoms with Crippen molar-refractivity contribution in [3.05, 3.63) is 52.3 Å². The lowest BCUT2D eigenvalue weighted by molar-refractivity contribution is 0.465. The summed E-state index contributed by atoms with van der Waals surface area (Å²) < 4.78 is 0.708. The minimum absolute atomic E-state index is 0.279. The lowest BCUT2D eigenvalue weighted by atomic mass is 10.2. The Bertz CT molecular complexity index is 529. The molecule has 1 heterocycles. The van der Waals surface area contributed by atoms with Gasteiger partial charge in [-0.05, 0) is 41.1 Å². The van der Waals surface area contributed by atoms with Gasteiger partial charge in [-0.3, -0.25) is 4.98 Å². The Hall–Kier alpha value is -1.55. The average molecular weight is 293 g/mol. The van der Waals surface area contributed by atoms with Gasteiger partial charge in [0, 0.05) is 18.3 Å². The van der Waals surface area contributed by atoms with Crippen LogP contribution < -0.4 is 5.32 Å². The number of phenols is 1.